The Morgan fingerprint density at radius 2 is 1.75 bits per heavy atom. The molecule has 0 spiro atoms. The highest BCUT2D eigenvalue weighted by Gasteiger charge is 2.33. The van der Waals surface area contributed by atoms with E-state index in [9.17, 15) is 9.59 Å². The lowest BCUT2D eigenvalue weighted by molar-refractivity contribution is -0.141. The second-order valence-corrected chi connectivity index (χ2v) is 5.51. The van der Waals surface area contributed by atoms with Crippen LogP contribution < -0.4 is 0 Å². The molecule has 0 aliphatic carbocycles. The molecule has 0 aromatic heterocycles. The number of hydrogen-bond donors (Lipinski definition) is 0. The topological polar surface area (TPSA) is 55.8 Å². The summed E-state index contributed by atoms with van der Waals surface area (Å²) in [5.74, 6) is -1.07. The Kier molecular flexibility index (Phi) is 6.18. The van der Waals surface area contributed by atoms with Crippen molar-refractivity contribution in [3.63, 3.8) is 0 Å². The highest BCUT2D eigenvalue weighted by molar-refractivity contribution is 6.02. The van der Waals surface area contributed by atoms with Crippen LogP contribution in [0.5, 0.6) is 0 Å². The smallest absolute Gasteiger partial charge is 0.355 e. The summed E-state index contributed by atoms with van der Waals surface area (Å²) in [4.78, 5) is 26.4. The molecule has 128 valence electrons. The largest absolute Gasteiger partial charge is 0.465 e. The molecule has 1 aromatic rings. The molecule has 1 unspecified atom stereocenters. The van der Waals surface area contributed by atoms with Crippen LogP contribution in [0.25, 0.3) is 0 Å². The summed E-state index contributed by atoms with van der Waals surface area (Å²) in [7, 11) is 2.62. The van der Waals surface area contributed by atoms with Gasteiger partial charge in [0.2, 0.25) is 0 Å². The number of carbonyl (C=O) groups is 2. The number of esters is 2. The summed E-state index contributed by atoms with van der Waals surface area (Å²) in [5.41, 5.74) is 1.54. The van der Waals surface area contributed by atoms with Gasteiger partial charge in [0.15, 0.2) is 0 Å². The molecule has 1 aliphatic heterocycles. The first-order valence-corrected chi connectivity index (χ1v) is 8.04. The number of nitrogens with zero attached hydrogens (tertiary/aromatic N) is 1. The van der Waals surface area contributed by atoms with Gasteiger partial charge in [-0.05, 0) is 18.1 Å². The Labute approximate surface area is 142 Å². The van der Waals surface area contributed by atoms with Crippen molar-refractivity contribution in [1.82, 2.24) is 4.90 Å². The van der Waals surface area contributed by atoms with Gasteiger partial charge < -0.3 is 14.4 Å². The predicted molar refractivity (Wildman–Crippen MR) is 91.0 cm³/mol. The van der Waals surface area contributed by atoms with Crippen LogP contribution >= 0.6 is 0 Å². The van der Waals surface area contributed by atoms with E-state index < -0.39 is 11.9 Å². The van der Waals surface area contributed by atoms with E-state index in [1.165, 1.54) is 14.2 Å². The van der Waals surface area contributed by atoms with Crippen molar-refractivity contribution in [3.05, 3.63) is 59.3 Å². The minimum atomic E-state index is -0.542. The molecule has 5 nitrogen and oxygen atoms in total. The van der Waals surface area contributed by atoms with Crippen LogP contribution in [0.15, 0.2) is 53.8 Å². The number of ether oxygens (including phenoxy) is 2. The summed E-state index contributed by atoms with van der Waals surface area (Å²) < 4.78 is 9.75. The van der Waals surface area contributed by atoms with Gasteiger partial charge in [-0.2, -0.15) is 0 Å². The lowest BCUT2D eigenvalue weighted by atomic mass is 9.97. The van der Waals surface area contributed by atoms with Gasteiger partial charge in [-0.1, -0.05) is 49.8 Å². The van der Waals surface area contributed by atoms with E-state index in [2.05, 4.69) is 6.92 Å². The van der Waals surface area contributed by atoms with Crippen molar-refractivity contribution in [2.45, 2.75) is 25.8 Å². The van der Waals surface area contributed by atoms with Gasteiger partial charge in [-0.3, -0.25) is 0 Å². The average Bonchev–Trinajstić information content (AvgIpc) is 2.64. The first kappa shape index (κ1) is 17.8. The van der Waals surface area contributed by atoms with E-state index in [0.29, 0.717) is 6.54 Å². The minimum Gasteiger partial charge on any atom is -0.465 e. The fraction of sp³-hybridized carbons (Fsp3) is 0.368. The lowest BCUT2D eigenvalue weighted by Crippen LogP contribution is -2.36. The zero-order chi connectivity index (χ0) is 17.5. The Hall–Kier alpha value is -2.56. The lowest BCUT2D eigenvalue weighted by Gasteiger charge is -2.36. The SMILES string of the molecule is CCCCN1C(C(=O)OC)=C(C(=O)OC)C=CC1c1ccccc1. The molecule has 0 N–H and O–H groups in total. The maximum Gasteiger partial charge on any atom is 0.355 e. The summed E-state index contributed by atoms with van der Waals surface area (Å²) in [6.07, 6.45) is 5.44. The number of unbranched alkanes of at least 4 members (excludes halogenated alkanes) is 1. The van der Waals surface area contributed by atoms with Crippen molar-refractivity contribution in [2.24, 2.45) is 0 Å². The van der Waals surface area contributed by atoms with Crippen molar-refractivity contribution in [3.8, 4) is 0 Å². The number of methoxy groups -OCH3 is 2. The van der Waals surface area contributed by atoms with Crippen LogP contribution in [0, 0.1) is 0 Å². The number of carbonyl (C=O) groups excluding carboxylic acids is 2. The van der Waals surface area contributed by atoms with Crippen LogP contribution in [0.3, 0.4) is 0 Å². The highest BCUT2D eigenvalue weighted by atomic mass is 16.5. The van der Waals surface area contributed by atoms with Gasteiger partial charge in [0.1, 0.15) is 5.70 Å². The fourth-order valence-corrected chi connectivity index (χ4v) is 2.78. The van der Waals surface area contributed by atoms with Gasteiger partial charge in [0, 0.05) is 6.54 Å². The van der Waals surface area contributed by atoms with Crippen LogP contribution in [-0.2, 0) is 19.1 Å². The number of benzene rings is 1. The van der Waals surface area contributed by atoms with Gasteiger partial charge in [-0.15, -0.1) is 0 Å². The molecule has 0 amide bonds. The Balaban J connectivity index is 2.51. The van der Waals surface area contributed by atoms with Crippen molar-refractivity contribution in [1.29, 1.82) is 0 Å². The molecule has 0 saturated heterocycles. The molecular formula is C19H23NO4. The highest BCUT2D eigenvalue weighted by Crippen LogP contribution is 2.33. The average molecular weight is 329 g/mol. The minimum absolute atomic E-state index is 0.125. The van der Waals surface area contributed by atoms with Crippen LogP contribution in [0.2, 0.25) is 0 Å². The molecule has 0 bridgehead atoms. The van der Waals surface area contributed by atoms with E-state index in [4.69, 9.17) is 9.47 Å². The van der Waals surface area contributed by atoms with E-state index in [0.717, 1.165) is 18.4 Å². The predicted octanol–water partition coefficient (Wildman–Crippen LogP) is 3.00. The summed E-state index contributed by atoms with van der Waals surface area (Å²) in [6, 6.07) is 9.75. The zero-order valence-corrected chi connectivity index (χ0v) is 14.3. The van der Waals surface area contributed by atoms with Gasteiger partial charge >= 0.3 is 11.9 Å². The van der Waals surface area contributed by atoms with E-state index in [1.807, 2.05) is 41.3 Å². The third kappa shape index (κ3) is 3.67. The molecule has 1 aromatic carbocycles. The zero-order valence-electron chi connectivity index (χ0n) is 14.3. The van der Waals surface area contributed by atoms with Gasteiger partial charge in [0.05, 0.1) is 25.8 Å². The first-order chi connectivity index (χ1) is 11.6. The normalized spacial score (nSPS) is 17.0. The molecule has 1 atom stereocenters. The maximum absolute atomic E-state index is 12.4. The van der Waals surface area contributed by atoms with Gasteiger partial charge in [0.25, 0.3) is 0 Å². The second kappa shape index (κ2) is 8.34. The summed E-state index contributed by atoms with van der Waals surface area (Å²) in [5, 5.41) is 0. The van der Waals surface area contributed by atoms with E-state index in [-0.39, 0.29) is 17.3 Å². The molecule has 1 aliphatic rings. The summed E-state index contributed by atoms with van der Waals surface area (Å²) >= 11 is 0. The Morgan fingerprint density at radius 1 is 1.08 bits per heavy atom. The molecular weight excluding hydrogens is 306 g/mol. The second-order valence-electron chi connectivity index (χ2n) is 5.51. The van der Waals surface area contributed by atoms with Crippen molar-refractivity contribution in [2.75, 3.05) is 20.8 Å². The van der Waals surface area contributed by atoms with Crippen LogP contribution in [-0.4, -0.2) is 37.6 Å². The molecule has 24 heavy (non-hydrogen) atoms. The standard InChI is InChI=1S/C19H23NO4/c1-4-5-13-20-16(14-9-7-6-8-10-14)12-11-15(18(21)23-2)17(20)19(22)24-3/h6-12,16H,4-5,13H2,1-3H3. The van der Waals surface area contributed by atoms with E-state index >= 15 is 0 Å². The Bertz CT molecular complexity index is 649. The Morgan fingerprint density at radius 3 is 2.33 bits per heavy atom. The molecule has 0 saturated carbocycles. The van der Waals surface area contributed by atoms with E-state index in [1.54, 1.807) is 6.08 Å². The first-order valence-electron chi connectivity index (χ1n) is 8.04. The van der Waals surface area contributed by atoms with Crippen LogP contribution in [0.4, 0.5) is 0 Å². The monoisotopic (exact) mass is 329 g/mol. The number of hydrogen-bond acceptors (Lipinski definition) is 5. The quantitative estimate of drug-likeness (QED) is 0.751. The van der Waals surface area contributed by atoms with Gasteiger partial charge in [-0.25, -0.2) is 9.59 Å². The third-order valence-corrected chi connectivity index (χ3v) is 4.00. The molecule has 0 radical (unpaired) electrons. The number of rotatable bonds is 6. The molecule has 5 heteroatoms. The fourth-order valence-electron chi connectivity index (χ4n) is 2.78. The van der Waals surface area contributed by atoms with Crippen molar-refractivity contribution >= 4 is 11.9 Å². The molecule has 1 heterocycles. The molecule has 0 fully saturated rings. The molecule has 2 rings (SSSR count). The van der Waals surface area contributed by atoms with Crippen molar-refractivity contribution < 1.29 is 19.1 Å². The summed E-state index contributed by atoms with van der Waals surface area (Å²) in [6.45, 7) is 2.73. The third-order valence-electron chi connectivity index (χ3n) is 4.00. The van der Waals surface area contributed by atoms with Crippen LogP contribution in [0.1, 0.15) is 31.4 Å². The maximum atomic E-state index is 12.4.